The zero-order valence-corrected chi connectivity index (χ0v) is 5.10. The molecule has 5 heavy (non-hydrogen) atoms. The SMILES string of the molecule is [Fe+2].[Mo+4].[O-2].[O-2].[O-2]. The molecule has 0 saturated heterocycles. The Bertz CT molecular complexity index is 6.85. The largest absolute Gasteiger partial charge is 4.00 e. The van der Waals surface area contributed by atoms with Gasteiger partial charge in [0.2, 0.25) is 0 Å². The third kappa shape index (κ3) is 41.0. The van der Waals surface area contributed by atoms with Crippen LogP contribution in [0.1, 0.15) is 0 Å². The summed E-state index contributed by atoms with van der Waals surface area (Å²) >= 11 is 0. The Morgan fingerprint density at radius 1 is 0.600 bits per heavy atom. The van der Waals surface area contributed by atoms with Crippen molar-refractivity contribution in [3.05, 3.63) is 0 Å². The average Bonchev–Trinajstić information content (AvgIpc) is 0. The van der Waals surface area contributed by atoms with Crippen molar-refractivity contribution < 1.29 is 54.6 Å². The Labute approximate surface area is 54.8 Å². The average molecular weight is 200 g/mol. The molecule has 0 unspecified atom stereocenters. The van der Waals surface area contributed by atoms with E-state index in [4.69, 9.17) is 0 Å². The molecule has 0 fully saturated rings. The molecule has 0 rings (SSSR count). The molecule has 0 aromatic carbocycles. The molecule has 0 amide bonds. The summed E-state index contributed by atoms with van der Waals surface area (Å²) in [5.74, 6) is 0. The number of hydrogen-bond acceptors (Lipinski definition) is 0. The Hall–Kier alpha value is 1.09. The van der Waals surface area contributed by atoms with Crippen LogP contribution in [0.15, 0.2) is 0 Å². The first-order valence-corrected chi connectivity index (χ1v) is 0. The summed E-state index contributed by atoms with van der Waals surface area (Å²) in [4.78, 5) is 0. The molecule has 32 valence electrons. The van der Waals surface area contributed by atoms with Gasteiger partial charge in [-0.1, -0.05) is 0 Å². The van der Waals surface area contributed by atoms with Crippen molar-refractivity contribution in [1.29, 1.82) is 0 Å². The molecule has 0 saturated carbocycles. The van der Waals surface area contributed by atoms with Crippen LogP contribution in [0.25, 0.3) is 0 Å². The molecule has 0 N–H and O–H groups in total. The summed E-state index contributed by atoms with van der Waals surface area (Å²) in [6.07, 6.45) is 0. The molecule has 0 aliphatic carbocycles. The summed E-state index contributed by atoms with van der Waals surface area (Å²) in [6, 6.07) is 0. The molecule has 0 bridgehead atoms. The third-order valence-corrected chi connectivity index (χ3v) is 0. The van der Waals surface area contributed by atoms with Gasteiger partial charge in [-0.3, -0.25) is 0 Å². The minimum absolute atomic E-state index is 0. The van der Waals surface area contributed by atoms with Crippen LogP contribution < -0.4 is 0 Å². The summed E-state index contributed by atoms with van der Waals surface area (Å²) in [5.41, 5.74) is 0. The van der Waals surface area contributed by atoms with Crippen LogP contribution in [0.2, 0.25) is 0 Å². The van der Waals surface area contributed by atoms with E-state index in [0.29, 0.717) is 0 Å². The van der Waals surface area contributed by atoms with Crippen molar-refractivity contribution in [2.24, 2.45) is 0 Å². The molecule has 0 aliphatic rings. The molecule has 3 nitrogen and oxygen atoms in total. The monoisotopic (exact) mass is 202 g/mol. The van der Waals surface area contributed by atoms with E-state index in [9.17, 15) is 0 Å². The Balaban J connectivity index is 0. The quantitative estimate of drug-likeness (QED) is 0.478. The zero-order chi connectivity index (χ0) is 0. The second-order valence-corrected chi connectivity index (χ2v) is 0. The van der Waals surface area contributed by atoms with Crippen molar-refractivity contribution in [2.75, 3.05) is 0 Å². The summed E-state index contributed by atoms with van der Waals surface area (Å²) in [5, 5.41) is 0. The summed E-state index contributed by atoms with van der Waals surface area (Å²) < 4.78 is 0. The molecule has 0 aliphatic heterocycles. The van der Waals surface area contributed by atoms with Gasteiger partial charge in [-0.15, -0.1) is 0 Å². The minimum atomic E-state index is 0. The second-order valence-electron chi connectivity index (χ2n) is 0. The van der Waals surface area contributed by atoms with Gasteiger partial charge in [0.25, 0.3) is 0 Å². The van der Waals surface area contributed by atoms with Crippen molar-refractivity contribution in [3.8, 4) is 0 Å². The Morgan fingerprint density at radius 3 is 0.600 bits per heavy atom. The molecule has 0 atom stereocenters. The number of hydrogen-bond donors (Lipinski definition) is 0. The van der Waals surface area contributed by atoms with Gasteiger partial charge in [-0.25, -0.2) is 0 Å². The first-order chi connectivity index (χ1) is 0. The molecule has 0 spiro atoms. The molecule has 0 heterocycles. The molecule has 0 aromatic rings. The van der Waals surface area contributed by atoms with E-state index >= 15 is 0 Å². The van der Waals surface area contributed by atoms with E-state index in [0.717, 1.165) is 0 Å². The van der Waals surface area contributed by atoms with Crippen molar-refractivity contribution in [1.82, 2.24) is 0 Å². The predicted molar refractivity (Wildman–Crippen MR) is 2.06 cm³/mol. The van der Waals surface area contributed by atoms with E-state index in [-0.39, 0.29) is 54.6 Å². The van der Waals surface area contributed by atoms with Gasteiger partial charge in [0.1, 0.15) is 0 Å². The standard InChI is InChI=1S/Fe.Mo.3O/q+2;+4;3*-2. The Kier molecular flexibility index (Phi) is 1910. The van der Waals surface area contributed by atoms with Crippen LogP contribution in [-0.4, -0.2) is 0 Å². The van der Waals surface area contributed by atoms with Gasteiger partial charge in [0, 0.05) is 0 Å². The van der Waals surface area contributed by atoms with E-state index < -0.39 is 0 Å². The van der Waals surface area contributed by atoms with Crippen LogP contribution in [0.3, 0.4) is 0 Å². The smallest absolute Gasteiger partial charge is 2.00 e. The minimum Gasteiger partial charge on any atom is -2.00 e. The van der Waals surface area contributed by atoms with E-state index in [1.807, 2.05) is 0 Å². The zero-order valence-electron chi connectivity index (χ0n) is 1.99. The molecule has 0 radical (unpaired) electrons. The fourth-order valence-corrected chi connectivity index (χ4v) is 0. The molecular formula is FeMoO3. The molecular weight excluding hydrogens is 200 g/mol. The van der Waals surface area contributed by atoms with Crippen LogP contribution in [0.4, 0.5) is 0 Å². The first kappa shape index (κ1) is 133. The van der Waals surface area contributed by atoms with Crippen molar-refractivity contribution in [3.63, 3.8) is 0 Å². The van der Waals surface area contributed by atoms with E-state index in [1.165, 1.54) is 0 Å². The van der Waals surface area contributed by atoms with Gasteiger partial charge >= 0.3 is 38.1 Å². The van der Waals surface area contributed by atoms with Crippen LogP contribution >= 0.6 is 0 Å². The normalized spacial score (nSPS) is 0. The van der Waals surface area contributed by atoms with Crippen LogP contribution in [0.5, 0.6) is 0 Å². The fraction of sp³-hybridized carbons (Fsp3) is 0. The maximum Gasteiger partial charge on any atom is 4.00 e. The Morgan fingerprint density at radius 2 is 0.600 bits per heavy atom. The van der Waals surface area contributed by atoms with Gasteiger partial charge in [-0.05, 0) is 0 Å². The van der Waals surface area contributed by atoms with E-state index in [1.54, 1.807) is 0 Å². The van der Waals surface area contributed by atoms with Crippen LogP contribution in [0, 0.1) is 0 Å². The van der Waals surface area contributed by atoms with Crippen LogP contribution in [-0.2, 0) is 54.6 Å². The fourth-order valence-electron chi connectivity index (χ4n) is 0. The maximum atomic E-state index is 0. The summed E-state index contributed by atoms with van der Waals surface area (Å²) in [7, 11) is 0. The topological polar surface area (TPSA) is 85.5 Å². The van der Waals surface area contributed by atoms with E-state index in [2.05, 4.69) is 0 Å². The predicted octanol–water partition coefficient (Wildman–Crippen LogP) is -0.361. The molecule has 5 heteroatoms. The van der Waals surface area contributed by atoms with Crippen molar-refractivity contribution >= 4 is 0 Å². The van der Waals surface area contributed by atoms with Gasteiger partial charge in [0.15, 0.2) is 0 Å². The number of rotatable bonds is 0. The third-order valence-electron chi connectivity index (χ3n) is 0. The first-order valence-electron chi connectivity index (χ1n) is 0. The van der Waals surface area contributed by atoms with Gasteiger partial charge in [0.05, 0.1) is 0 Å². The van der Waals surface area contributed by atoms with Crippen molar-refractivity contribution in [2.45, 2.75) is 0 Å². The maximum absolute atomic E-state index is 0. The van der Waals surface area contributed by atoms with Gasteiger partial charge in [-0.2, -0.15) is 0 Å². The summed E-state index contributed by atoms with van der Waals surface area (Å²) in [6.45, 7) is 0. The second kappa shape index (κ2) is 71.8. The van der Waals surface area contributed by atoms with Gasteiger partial charge < -0.3 is 16.4 Å². The molecule has 0 aromatic heterocycles.